The Morgan fingerprint density at radius 3 is 2.59 bits per heavy atom. The molecule has 0 fully saturated rings. The molecule has 2 amide bonds. The molecular formula is C14H15Cl2N3O3. The predicted octanol–water partition coefficient (Wildman–Crippen LogP) is 2.82. The fraction of sp³-hybridized carbons (Fsp3) is 0.286. The number of aromatic nitrogens is 1. The van der Waals surface area contributed by atoms with E-state index in [-0.39, 0.29) is 13.1 Å². The number of carbonyl (C=O) groups is 1. The van der Waals surface area contributed by atoms with E-state index in [4.69, 9.17) is 27.6 Å². The zero-order chi connectivity index (χ0) is 16.1. The summed E-state index contributed by atoms with van der Waals surface area (Å²) < 4.78 is 5.03. The van der Waals surface area contributed by atoms with Gasteiger partial charge in [-0.25, -0.2) is 9.78 Å². The van der Waals surface area contributed by atoms with Crippen molar-refractivity contribution in [2.24, 2.45) is 0 Å². The molecular weight excluding hydrogens is 329 g/mol. The lowest BCUT2D eigenvalue weighted by Gasteiger charge is -2.13. The lowest BCUT2D eigenvalue weighted by Crippen LogP contribution is -2.37. The molecule has 22 heavy (non-hydrogen) atoms. The lowest BCUT2D eigenvalue weighted by molar-refractivity contribution is 0.173. The van der Waals surface area contributed by atoms with Crippen LogP contribution in [0.1, 0.15) is 23.1 Å². The number of nitrogens with one attached hydrogen (secondary N) is 2. The highest BCUT2D eigenvalue weighted by molar-refractivity contribution is 6.34. The van der Waals surface area contributed by atoms with E-state index in [1.54, 1.807) is 25.1 Å². The minimum atomic E-state index is -0.907. The fourth-order valence-electron chi connectivity index (χ4n) is 1.80. The van der Waals surface area contributed by atoms with Gasteiger partial charge in [-0.3, -0.25) is 0 Å². The number of halogens is 2. The summed E-state index contributed by atoms with van der Waals surface area (Å²) in [5.41, 5.74) is 1.18. The van der Waals surface area contributed by atoms with Gasteiger partial charge < -0.3 is 20.2 Å². The number of rotatable bonds is 5. The molecule has 0 saturated heterocycles. The molecule has 0 aliphatic heterocycles. The van der Waals surface area contributed by atoms with Crippen molar-refractivity contribution in [3.05, 3.63) is 51.7 Å². The van der Waals surface area contributed by atoms with Crippen LogP contribution in [0.4, 0.5) is 4.79 Å². The van der Waals surface area contributed by atoms with Crippen LogP contribution in [0.25, 0.3) is 0 Å². The van der Waals surface area contributed by atoms with Gasteiger partial charge in [0.25, 0.3) is 0 Å². The molecule has 6 nitrogen and oxygen atoms in total. The van der Waals surface area contributed by atoms with Gasteiger partial charge in [-0.05, 0) is 30.7 Å². The van der Waals surface area contributed by atoms with Gasteiger partial charge in [0.2, 0.25) is 0 Å². The van der Waals surface area contributed by atoms with Crippen molar-refractivity contribution in [2.75, 3.05) is 6.54 Å². The molecule has 1 unspecified atom stereocenters. The quantitative estimate of drug-likeness (QED) is 0.778. The number of hydrogen-bond donors (Lipinski definition) is 3. The number of urea groups is 1. The second-order valence-corrected chi connectivity index (χ2v) is 5.51. The van der Waals surface area contributed by atoms with Gasteiger partial charge in [0, 0.05) is 16.6 Å². The van der Waals surface area contributed by atoms with Gasteiger partial charge >= 0.3 is 6.03 Å². The normalized spacial score (nSPS) is 12.0. The minimum Gasteiger partial charge on any atom is -0.448 e. The second kappa shape index (κ2) is 7.49. The Morgan fingerprint density at radius 2 is 2.00 bits per heavy atom. The van der Waals surface area contributed by atoms with Gasteiger partial charge in [0.05, 0.1) is 12.6 Å². The van der Waals surface area contributed by atoms with Crippen molar-refractivity contribution in [3.63, 3.8) is 0 Å². The number of aliphatic hydroxyl groups is 1. The highest BCUT2D eigenvalue weighted by atomic mass is 35.5. The van der Waals surface area contributed by atoms with Crippen LogP contribution in [0.5, 0.6) is 0 Å². The molecule has 1 aromatic heterocycles. The van der Waals surface area contributed by atoms with E-state index in [1.165, 1.54) is 6.39 Å². The molecule has 1 aromatic carbocycles. The predicted molar refractivity (Wildman–Crippen MR) is 82.9 cm³/mol. The topological polar surface area (TPSA) is 87.4 Å². The zero-order valence-corrected chi connectivity index (χ0v) is 13.3. The van der Waals surface area contributed by atoms with Crippen molar-refractivity contribution in [1.29, 1.82) is 0 Å². The zero-order valence-electron chi connectivity index (χ0n) is 11.8. The van der Waals surface area contributed by atoms with Gasteiger partial charge in [-0.2, -0.15) is 0 Å². The Balaban J connectivity index is 1.81. The summed E-state index contributed by atoms with van der Waals surface area (Å²) in [5.74, 6) is 0.647. The number of benzene rings is 1. The van der Waals surface area contributed by atoms with Crippen LogP contribution in [-0.2, 0) is 6.54 Å². The van der Waals surface area contributed by atoms with E-state index in [1.807, 2.05) is 0 Å². The molecule has 0 aliphatic carbocycles. The Bertz CT molecular complexity index is 640. The molecule has 0 spiro atoms. The Labute approximate surface area is 137 Å². The fourth-order valence-corrected chi connectivity index (χ4v) is 2.34. The van der Waals surface area contributed by atoms with E-state index >= 15 is 0 Å². The number of nitrogens with zero attached hydrogens (tertiary/aromatic N) is 1. The summed E-state index contributed by atoms with van der Waals surface area (Å²) in [6.07, 6.45) is 0.410. The van der Waals surface area contributed by atoms with Gasteiger partial charge in [-0.15, -0.1) is 0 Å². The van der Waals surface area contributed by atoms with Crippen LogP contribution in [0.3, 0.4) is 0 Å². The van der Waals surface area contributed by atoms with Gasteiger partial charge in [-0.1, -0.05) is 23.2 Å². The maximum Gasteiger partial charge on any atom is 0.315 e. The standard InChI is InChI=1S/C14H15Cl2N3O3/c1-8-12(19-7-22-8)5-17-14(21)18-6-13(20)9-2-10(15)4-11(16)3-9/h2-4,7,13,20H,5-6H2,1H3,(H2,17,18,21). The Morgan fingerprint density at radius 1 is 1.32 bits per heavy atom. The summed E-state index contributed by atoms with van der Waals surface area (Å²) in [5, 5.41) is 16.1. The molecule has 0 bridgehead atoms. The van der Waals surface area contributed by atoms with Crippen molar-refractivity contribution >= 4 is 29.2 Å². The minimum absolute atomic E-state index is 0.0281. The first-order valence-electron chi connectivity index (χ1n) is 6.50. The molecule has 0 aliphatic rings. The summed E-state index contributed by atoms with van der Waals surface area (Å²) in [4.78, 5) is 15.6. The Hall–Kier alpha value is -1.76. The molecule has 118 valence electrons. The van der Waals surface area contributed by atoms with Crippen molar-refractivity contribution < 1.29 is 14.3 Å². The molecule has 1 atom stereocenters. The first-order valence-corrected chi connectivity index (χ1v) is 7.26. The molecule has 2 aromatic rings. The summed E-state index contributed by atoms with van der Waals surface area (Å²) >= 11 is 11.7. The Kier molecular flexibility index (Phi) is 5.65. The number of carbonyl (C=O) groups excluding carboxylic acids is 1. The van der Waals surface area contributed by atoms with Crippen LogP contribution in [0, 0.1) is 6.92 Å². The van der Waals surface area contributed by atoms with Gasteiger partial charge in [0.1, 0.15) is 11.5 Å². The first-order chi connectivity index (χ1) is 10.5. The third-order valence-corrected chi connectivity index (χ3v) is 3.42. The molecule has 8 heteroatoms. The molecule has 0 radical (unpaired) electrons. The smallest absolute Gasteiger partial charge is 0.315 e. The van der Waals surface area contributed by atoms with Crippen LogP contribution >= 0.6 is 23.2 Å². The van der Waals surface area contributed by atoms with E-state index < -0.39 is 12.1 Å². The van der Waals surface area contributed by atoms with E-state index in [0.717, 1.165) is 0 Å². The summed E-state index contributed by atoms with van der Waals surface area (Å²) in [6.45, 7) is 2.03. The molecule has 3 N–H and O–H groups in total. The SMILES string of the molecule is Cc1ocnc1CNC(=O)NCC(O)c1cc(Cl)cc(Cl)c1. The van der Waals surface area contributed by atoms with Crippen molar-refractivity contribution in [1.82, 2.24) is 15.6 Å². The number of amides is 2. The number of aliphatic hydroxyl groups excluding tert-OH is 1. The first kappa shape index (κ1) is 16.6. The average Bonchev–Trinajstić information content (AvgIpc) is 2.86. The molecule has 0 saturated carbocycles. The third kappa shape index (κ3) is 4.62. The van der Waals surface area contributed by atoms with E-state index in [2.05, 4.69) is 15.6 Å². The van der Waals surface area contributed by atoms with Crippen LogP contribution in [0.2, 0.25) is 10.0 Å². The number of hydrogen-bond acceptors (Lipinski definition) is 4. The van der Waals surface area contributed by atoms with E-state index in [0.29, 0.717) is 27.1 Å². The second-order valence-electron chi connectivity index (χ2n) is 4.64. The summed E-state index contributed by atoms with van der Waals surface area (Å²) in [6, 6.07) is 4.33. The van der Waals surface area contributed by atoms with Crippen molar-refractivity contribution in [3.8, 4) is 0 Å². The van der Waals surface area contributed by atoms with Crippen LogP contribution < -0.4 is 10.6 Å². The molecule has 2 rings (SSSR count). The molecule has 1 heterocycles. The number of oxazole rings is 1. The maximum atomic E-state index is 11.7. The number of aryl methyl sites for hydroxylation is 1. The lowest BCUT2D eigenvalue weighted by atomic mass is 10.1. The average molecular weight is 344 g/mol. The van der Waals surface area contributed by atoms with E-state index in [9.17, 15) is 9.90 Å². The monoisotopic (exact) mass is 343 g/mol. The van der Waals surface area contributed by atoms with Crippen molar-refractivity contribution in [2.45, 2.75) is 19.6 Å². The highest BCUT2D eigenvalue weighted by Gasteiger charge is 2.12. The summed E-state index contributed by atoms with van der Waals surface area (Å²) in [7, 11) is 0. The highest BCUT2D eigenvalue weighted by Crippen LogP contribution is 2.23. The van der Waals surface area contributed by atoms with Gasteiger partial charge in [0.15, 0.2) is 6.39 Å². The maximum absolute atomic E-state index is 11.7. The van der Waals surface area contributed by atoms with Crippen LogP contribution in [0.15, 0.2) is 29.0 Å². The third-order valence-electron chi connectivity index (χ3n) is 2.99. The van der Waals surface area contributed by atoms with Crippen LogP contribution in [-0.4, -0.2) is 22.7 Å². The largest absolute Gasteiger partial charge is 0.448 e.